The van der Waals surface area contributed by atoms with Gasteiger partial charge in [0.25, 0.3) is 0 Å². The van der Waals surface area contributed by atoms with Gasteiger partial charge < -0.3 is 9.42 Å². The van der Waals surface area contributed by atoms with Crippen LogP contribution in [0.5, 0.6) is 0 Å². The van der Waals surface area contributed by atoms with Crippen LogP contribution >= 0.6 is 11.3 Å². The zero-order valence-electron chi connectivity index (χ0n) is 14.0. The first kappa shape index (κ1) is 15.8. The summed E-state index contributed by atoms with van der Waals surface area (Å²) in [5, 5.41) is 8.27. The molecule has 0 bridgehead atoms. The molecule has 0 unspecified atom stereocenters. The summed E-state index contributed by atoms with van der Waals surface area (Å²) in [5.41, 5.74) is 2.19. The van der Waals surface area contributed by atoms with Crippen LogP contribution in [0.15, 0.2) is 27.4 Å². The maximum atomic E-state index is 12.9. The third-order valence-electron chi connectivity index (χ3n) is 5.18. The van der Waals surface area contributed by atoms with Gasteiger partial charge in [0.1, 0.15) is 0 Å². The van der Waals surface area contributed by atoms with Crippen molar-refractivity contribution >= 4 is 17.2 Å². The number of thiophene rings is 1. The predicted molar refractivity (Wildman–Crippen MR) is 92.8 cm³/mol. The van der Waals surface area contributed by atoms with Gasteiger partial charge in [-0.05, 0) is 61.5 Å². The van der Waals surface area contributed by atoms with Crippen molar-refractivity contribution in [1.29, 1.82) is 0 Å². The minimum atomic E-state index is 0.192. The van der Waals surface area contributed by atoms with Gasteiger partial charge in [0.15, 0.2) is 5.76 Å². The van der Waals surface area contributed by atoms with Gasteiger partial charge in [-0.25, -0.2) is 0 Å². The number of amides is 1. The highest BCUT2D eigenvalue weighted by molar-refractivity contribution is 7.07. The number of likely N-dealkylation sites (tertiary alicyclic amines) is 2. The molecule has 24 heavy (non-hydrogen) atoms. The molecule has 2 aliphatic heterocycles. The Kier molecular flexibility index (Phi) is 4.41. The van der Waals surface area contributed by atoms with Crippen LogP contribution in [0.3, 0.4) is 0 Å². The highest BCUT2D eigenvalue weighted by atomic mass is 32.1. The highest BCUT2D eigenvalue weighted by Gasteiger charge is 2.35. The number of hydrogen-bond acceptors (Lipinski definition) is 5. The lowest BCUT2D eigenvalue weighted by atomic mass is 10.1. The Hall–Kier alpha value is -1.66. The molecule has 2 atom stereocenters. The molecule has 2 fully saturated rings. The molecule has 4 rings (SSSR count). The summed E-state index contributed by atoms with van der Waals surface area (Å²) in [6.07, 6.45) is 4.31. The molecule has 128 valence electrons. The molecule has 5 nitrogen and oxygen atoms in total. The third kappa shape index (κ3) is 3.00. The topological polar surface area (TPSA) is 49.6 Å². The average molecular weight is 345 g/mol. The van der Waals surface area contributed by atoms with Crippen molar-refractivity contribution in [3.05, 3.63) is 39.9 Å². The van der Waals surface area contributed by atoms with E-state index in [1.54, 1.807) is 11.3 Å². The van der Waals surface area contributed by atoms with E-state index in [9.17, 15) is 4.79 Å². The second kappa shape index (κ2) is 6.69. The minimum Gasteiger partial charge on any atom is -0.359 e. The van der Waals surface area contributed by atoms with E-state index >= 15 is 0 Å². The Balaban J connectivity index is 1.45. The van der Waals surface area contributed by atoms with Gasteiger partial charge in [-0.3, -0.25) is 9.69 Å². The molecular weight excluding hydrogens is 322 g/mol. The SMILES string of the molecule is Cc1cc([C@H]2CCCN2CC(=O)N2CCC[C@@H]2c2ccsc2)on1. The molecule has 2 aromatic heterocycles. The van der Waals surface area contributed by atoms with E-state index in [1.165, 1.54) is 5.56 Å². The Morgan fingerprint density at radius 3 is 2.92 bits per heavy atom. The first-order valence-electron chi connectivity index (χ1n) is 8.71. The number of carbonyl (C=O) groups excluding carboxylic acids is 1. The van der Waals surface area contributed by atoms with E-state index in [-0.39, 0.29) is 18.0 Å². The Morgan fingerprint density at radius 2 is 2.17 bits per heavy atom. The molecule has 0 spiro atoms. The zero-order chi connectivity index (χ0) is 16.5. The summed E-state index contributed by atoms with van der Waals surface area (Å²) in [5.74, 6) is 1.14. The molecule has 2 saturated heterocycles. The first-order valence-corrected chi connectivity index (χ1v) is 9.65. The summed E-state index contributed by atoms with van der Waals surface area (Å²) in [6.45, 7) is 4.24. The van der Waals surface area contributed by atoms with Crippen molar-refractivity contribution in [1.82, 2.24) is 15.0 Å². The molecule has 6 heteroatoms. The van der Waals surface area contributed by atoms with Crippen molar-refractivity contribution in [2.75, 3.05) is 19.6 Å². The molecule has 0 aromatic carbocycles. The van der Waals surface area contributed by atoms with E-state index in [2.05, 4.69) is 31.8 Å². The predicted octanol–water partition coefficient (Wildman–Crippen LogP) is 3.55. The van der Waals surface area contributed by atoms with E-state index in [4.69, 9.17) is 4.52 Å². The maximum Gasteiger partial charge on any atom is 0.237 e. The van der Waals surface area contributed by atoms with Crippen LogP contribution in [-0.2, 0) is 4.79 Å². The van der Waals surface area contributed by atoms with Crippen LogP contribution in [0.1, 0.15) is 54.8 Å². The largest absolute Gasteiger partial charge is 0.359 e. The summed E-state index contributed by atoms with van der Waals surface area (Å²) in [7, 11) is 0. The molecule has 0 aliphatic carbocycles. The molecule has 0 saturated carbocycles. The smallest absolute Gasteiger partial charge is 0.237 e. The van der Waals surface area contributed by atoms with Crippen LogP contribution in [0.25, 0.3) is 0 Å². The van der Waals surface area contributed by atoms with Crippen LogP contribution in [0.2, 0.25) is 0 Å². The lowest BCUT2D eigenvalue weighted by molar-refractivity contribution is -0.133. The quantitative estimate of drug-likeness (QED) is 0.850. The monoisotopic (exact) mass is 345 g/mol. The Bertz CT molecular complexity index is 697. The van der Waals surface area contributed by atoms with E-state index < -0.39 is 0 Å². The van der Waals surface area contributed by atoms with Gasteiger partial charge in [0, 0.05) is 12.6 Å². The highest BCUT2D eigenvalue weighted by Crippen LogP contribution is 2.35. The molecule has 0 N–H and O–H groups in total. The molecule has 0 radical (unpaired) electrons. The summed E-state index contributed by atoms with van der Waals surface area (Å²) < 4.78 is 5.45. The van der Waals surface area contributed by atoms with E-state index in [0.29, 0.717) is 6.54 Å². The van der Waals surface area contributed by atoms with E-state index in [1.807, 2.05) is 13.0 Å². The second-order valence-electron chi connectivity index (χ2n) is 6.80. The van der Waals surface area contributed by atoms with Gasteiger partial charge in [0.05, 0.1) is 24.3 Å². The number of hydrogen-bond donors (Lipinski definition) is 0. The van der Waals surface area contributed by atoms with E-state index in [0.717, 1.165) is 50.2 Å². The summed E-state index contributed by atoms with van der Waals surface area (Å²) >= 11 is 1.71. The minimum absolute atomic E-state index is 0.192. The lowest BCUT2D eigenvalue weighted by Gasteiger charge is -2.28. The van der Waals surface area contributed by atoms with Gasteiger partial charge >= 0.3 is 0 Å². The average Bonchev–Trinajstić information content (AvgIpc) is 3.34. The van der Waals surface area contributed by atoms with Crippen LogP contribution < -0.4 is 0 Å². The zero-order valence-corrected chi connectivity index (χ0v) is 14.8. The number of aryl methyl sites for hydroxylation is 1. The normalized spacial score (nSPS) is 24.8. The fraction of sp³-hybridized carbons (Fsp3) is 0.556. The van der Waals surface area contributed by atoms with Crippen LogP contribution in [-0.4, -0.2) is 40.5 Å². The molecule has 2 aromatic rings. The number of aromatic nitrogens is 1. The summed E-state index contributed by atoms with van der Waals surface area (Å²) in [4.78, 5) is 17.3. The molecule has 4 heterocycles. The molecular formula is C18H23N3O2S. The lowest BCUT2D eigenvalue weighted by Crippen LogP contribution is -2.39. The molecule has 1 amide bonds. The third-order valence-corrected chi connectivity index (χ3v) is 5.88. The summed E-state index contributed by atoms with van der Waals surface area (Å²) in [6, 6.07) is 4.60. The fourth-order valence-corrected chi connectivity index (χ4v) is 4.73. The van der Waals surface area contributed by atoms with Crippen molar-refractivity contribution < 1.29 is 9.32 Å². The van der Waals surface area contributed by atoms with Crippen molar-refractivity contribution in [3.63, 3.8) is 0 Å². The molecule has 2 aliphatic rings. The standard InChI is InChI=1S/C18H23N3O2S/c1-13-10-17(23-19-13)16-5-2-7-20(16)11-18(22)21-8-3-4-15(21)14-6-9-24-12-14/h6,9-10,12,15-16H,2-5,7-8,11H2,1H3/t15-,16-/m1/s1. The van der Waals surface area contributed by atoms with Gasteiger partial charge in [-0.2, -0.15) is 11.3 Å². The first-order chi connectivity index (χ1) is 11.7. The number of nitrogens with zero attached hydrogens (tertiary/aromatic N) is 3. The number of rotatable bonds is 4. The van der Waals surface area contributed by atoms with Gasteiger partial charge in [-0.1, -0.05) is 5.16 Å². The second-order valence-corrected chi connectivity index (χ2v) is 7.58. The van der Waals surface area contributed by atoms with Gasteiger partial charge in [0.2, 0.25) is 5.91 Å². The van der Waals surface area contributed by atoms with Crippen LogP contribution in [0, 0.1) is 6.92 Å². The Morgan fingerprint density at radius 1 is 1.33 bits per heavy atom. The van der Waals surface area contributed by atoms with Crippen molar-refractivity contribution in [2.24, 2.45) is 0 Å². The van der Waals surface area contributed by atoms with Crippen molar-refractivity contribution in [3.8, 4) is 0 Å². The van der Waals surface area contributed by atoms with Crippen molar-refractivity contribution in [2.45, 2.75) is 44.7 Å². The fourth-order valence-electron chi connectivity index (χ4n) is 4.02. The maximum absolute atomic E-state index is 12.9. The number of carbonyl (C=O) groups is 1. The van der Waals surface area contributed by atoms with Gasteiger partial charge in [-0.15, -0.1) is 0 Å². The van der Waals surface area contributed by atoms with Crippen LogP contribution in [0.4, 0.5) is 0 Å². The Labute approximate surface area is 146 Å².